The van der Waals surface area contributed by atoms with Crippen LogP contribution in [0, 0.1) is 13.8 Å². The standard InChI is InChI=1S/C9H10F3N/c1-6-3-4-8(5-7(6)2)13-9(10,11)12/h3-5,13H,1-2H3. The van der Waals surface area contributed by atoms with Crippen LogP contribution in [0.3, 0.4) is 0 Å². The van der Waals surface area contributed by atoms with Gasteiger partial charge < -0.3 is 0 Å². The fourth-order valence-corrected chi connectivity index (χ4v) is 0.983. The highest BCUT2D eigenvalue weighted by atomic mass is 19.4. The van der Waals surface area contributed by atoms with Gasteiger partial charge in [-0.2, -0.15) is 13.2 Å². The van der Waals surface area contributed by atoms with Crippen molar-refractivity contribution >= 4 is 5.69 Å². The minimum Gasteiger partial charge on any atom is -0.298 e. The number of nitrogens with one attached hydrogen (secondary N) is 1. The van der Waals surface area contributed by atoms with Gasteiger partial charge in [0.15, 0.2) is 0 Å². The van der Waals surface area contributed by atoms with E-state index >= 15 is 0 Å². The molecule has 0 aliphatic carbocycles. The summed E-state index contributed by atoms with van der Waals surface area (Å²) in [6.07, 6.45) is -4.36. The number of hydrogen-bond acceptors (Lipinski definition) is 1. The number of aryl methyl sites for hydroxylation is 2. The van der Waals surface area contributed by atoms with E-state index in [-0.39, 0.29) is 5.69 Å². The van der Waals surface area contributed by atoms with Crippen molar-refractivity contribution in [3.05, 3.63) is 29.3 Å². The lowest BCUT2D eigenvalue weighted by Gasteiger charge is -2.10. The summed E-state index contributed by atoms with van der Waals surface area (Å²) in [4.78, 5) is 0. The Morgan fingerprint density at radius 2 is 1.69 bits per heavy atom. The molecule has 4 heteroatoms. The minimum atomic E-state index is -4.36. The summed E-state index contributed by atoms with van der Waals surface area (Å²) >= 11 is 0. The zero-order chi connectivity index (χ0) is 10.1. The second kappa shape index (κ2) is 3.28. The minimum absolute atomic E-state index is 0.0793. The maximum atomic E-state index is 11.9. The third-order valence-corrected chi connectivity index (χ3v) is 1.79. The summed E-state index contributed by atoms with van der Waals surface area (Å²) in [6.45, 7) is 3.63. The van der Waals surface area contributed by atoms with Crippen LogP contribution in [0.2, 0.25) is 0 Å². The molecule has 72 valence electrons. The second-order valence-corrected chi connectivity index (χ2v) is 2.92. The van der Waals surface area contributed by atoms with E-state index in [1.165, 1.54) is 17.4 Å². The molecule has 13 heavy (non-hydrogen) atoms. The molecule has 0 amide bonds. The summed E-state index contributed by atoms with van der Waals surface area (Å²) in [5.74, 6) is 0. The van der Waals surface area contributed by atoms with Gasteiger partial charge in [-0.25, -0.2) is 0 Å². The van der Waals surface area contributed by atoms with Gasteiger partial charge in [-0.05, 0) is 37.1 Å². The Bertz CT molecular complexity index is 304. The fraction of sp³-hybridized carbons (Fsp3) is 0.333. The SMILES string of the molecule is Cc1ccc(NC(F)(F)F)cc1C. The lowest BCUT2D eigenvalue weighted by atomic mass is 10.1. The number of alkyl halides is 3. The van der Waals surface area contributed by atoms with Crippen molar-refractivity contribution in [2.24, 2.45) is 0 Å². The summed E-state index contributed by atoms with van der Waals surface area (Å²) in [7, 11) is 0. The first-order chi connectivity index (χ1) is 5.88. The van der Waals surface area contributed by atoms with Gasteiger partial charge in [0.05, 0.1) is 0 Å². The number of benzene rings is 1. The first-order valence-corrected chi connectivity index (χ1v) is 3.80. The lowest BCUT2D eigenvalue weighted by molar-refractivity contribution is -0.0999. The molecule has 0 unspecified atom stereocenters. The van der Waals surface area contributed by atoms with E-state index in [9.17, 15) is 13.2 Å². The number of rotatable bonds is 1. The first-order valence-electron chi connectivity index (χ1n) is 3.80. The van der Waals surface area contributed by atoms with Crippen molar-refractivity contribution < 1.29 is 13.2 Å². The highest BCUT2D eigenvalue weighted by Crippen LogP contribution is 2.21. The zero-order valence-electron chi connectivity index (χ0n) is 7.37. The Morgan fingerprint density at radius 3 is 2.15 bits per heavy atom. The highest BCUT2D eigenvalue weighted by molar-refractivity contribution is 5.48. The van der Waals surface area contributed by atoms with Crippen LogP contribution < -0.4 is 5.32 Å². The quantitative estimate of drug-likeness (QED) is 0.669. The van der Waals surface area contributed by atoms with Crippen LogP contribution in [0.5, 0.6) is 0 Å². The number of hydrogen-bond donors (Lipinski definition) is 1. The van der Waals surface area contributed by atoms with Crippen LogP contribution in [0.15, 0.2) is 18.2 Å². The molecular weight excluding hydrogens is 179 g/mol. The molecule has 0 aliphatic heterocycles. The normalized spacial score (nSPS) is 11.5. The number of halogens is 3. The maximum Gasteiger partial charge on any atom is 0.482 e. The van der Waals surface area contributed by atoms with E-state index in [0.29, 0.717) is 0 Å². The average Bonchev–Trinajstić information content (AvgIpc) is 1.94. The summed E-state index contributed by atoms with van der Waals surface area (Å²) in [5.41, 5.74) is 1.90. The third kappa shape index (κ3) is 2.97. The predicted molar refractivity (Wildman–Crippen MR) is 45.6 cm³/mol. The topological polar surface area (TPSA) is 12.0 Å². The molecule has 0 bridgehead atoms. The molecule has 0 saturated carbocycles. The van der Waals surface area contributed by atoms with E-state index < -0.39 is 6.30 Å². The van der Waals surface area contributed by atoms with Gasteiger partial charge in [0.1, 0.15) is 0 Å². The zero-order valence-corrected chi connectivity index (χ0v) is 7.37. The molecule has 0 saturated heterocycles. The molecule has 1 aromatic rings. The fourth-order valence-electron chi connectivity index (χ4n) is 0.983. The molecule has 0 spiro atoms. The molecule has 1 aromatic carbocycles. The Hall–Kier alpha value is -1.19. The maximum absolute atomic E-state index is 11.9. The van der Waals surface area contributed by atoms with Crippen LogP contribution in [0.4, 0.5) is 18.9 Å². The van der Waals surface area contributed by atoms with Gasteiger partial charge >= 0.3 is 6.30 Å². The predicted octanol–water partition coefficient (Wildman–Crippen LogP) is 3.24. The summed E-state index contributed by atoms with van der Waals surface area (Å²) < 4.78 is 35.6. The molecule has 1 N–H and O–H groups in total. The van der Waals surface area contributed by atoms with Gasteiger partial charge in [0.2, 0.25) is 0 Å². The second-order valence-electron chi connectivity index (χ2n) is 2.92. The van der Waals surface area contributed by atoms with Crippen LogP contribution in [0.1, 0.15) is 11.1 Å². The van der Waals surface area contributed by atoms with Crippen molar-refractivity contribution in [1.82, 2.24) is 0 Å². The van der Waals surface area contributed by atoms with Crippen LogP contribution in [-0.2, 0) is 0 Å². The van der Waals surface area contributed by atoms with E-state index in [0.717, 1.165) is 11.1 Å². The molecule has 0 heterocycles. The van der Waals surface area contributed by atoms with Gasteiger partial charge in [-0.3, -0.25) is 5.32 Å². The van der Waals surface area contributed by atoms with E-state index in [1.807, 2.05) is 6.92 Å². The van der Waals surface area contributed by atoms with E-state index in [1.54, 1.807) is 13.0 Å². The van der Waals surface area contributed by atoms with Crippen molar-refractivity contribution in [3.8, 4) is 0 Å². The Kier molecular flexibility index (Phi) is 2.50. The molecule has 0 aliphatic rings. The van der Waals surface area contributed by atoms with Gasteiger partial charge in [-0.15, -0.1) is 0 Å². The van der Waals surface area contributed by atoms with Gasteiger partial charge in [0.25, 0.3) is 0 Å². The van der Waals surface area contributed by atoms with Crippen LogP contribution in [0.25, 0.3) is 0 Å². The van der Waals surface area contributed by atoms with Crippen LogP contribution >= 0.6 is 0 Å². The third-order valence-electron chi connectivity index (χ3n) is 1.79. The monoisotopic (exact) mass is 189 g/mol. The highest BCUT2D eigenvalue weighted by Gasteiger charge is 2.26. The van der Waals surface area contributed by atoms with Crippen molar-refractivity contribution in [2.45, 2.75) is 20.1 Å². The number of anilines is 1. The Balaban J connectivity index is 2.86. The first kappa shape index (κ1) is 9.89. The smallest absolute Gasteiger partial charge is 0.298 e. The van der Waals surface area contributed by atoms with Gasteiger partial charge in [-0.1, -0.05) is 6.07 Å². The van der Waals surface area contributed by atoms with Crippen molar-refractivity contribution in [1.29, 1.82) is 0 Å². The Morgan fingerprint density at radius 1 is 1.08 bits per heavy atom. The average molecular weight is 189 g/mol. The van der Waals surface area contributed by atoms with Crippen molar-refractivity contribution in [3.63, 3.8) is 0 Å². The molecule has 0 radical (unpaired) electrons. The van der Waals surface area contributed by atoms with E-state index in [4.69, 9.17) is 0 Å². The van der Waals surface area contributed by atoms with Gasteiger partial charge in [0, 0.05) is 5.69 Å². The largest absolute Gasteiger partial charge is 0.482 e. The molecule has 0 aromatic heterocycles. The Labute approximate surface area is 74.6 Å². The van der Waals surface area contributed by atoms with Crippen molar-refractivity contribution in [2.75, 3.05) is 5.32 Å². The molecule has 1 nitrogen and oxygen atoms in total. The molecule has 0 atom stereocenters. The summed E-state index contributed by atoms with van der Waals surface area (Å²) in [6, 6.07) is 4.54. The summed E-state index contributed by atoms with van der Waals surface area (Å²) in [5, 5.41) is 1.45. The van der Waals surface area contributed by atoms with E-state index in [2.05, 4.69) is 0 Å². The molecule has 0 fully saturated rings. The molecular formula is C9H10F3N. The van der Waals surface area contributed by atoms with Crippen LogP contribution in [-0.4, -0.2) is 6.30 Å². The molecule has 1 rings (SSSR count). The lowest BCUT2D eigenvalue weighted by Crippen LogP contribution is -2.20.